The summed E-state index contributed by atoms with van der Waals surface area (Å²) in [5.74, 6) is -1.71. The lowest BCUT2D eigenvalue weighted by Crippen LogP contribution is -2.23. The summed E-state index contributed by atoms with van der Waals surface area (Å²) >= 11 is 0. The van der Waals surface area contributed by atoms with Crippen LogP contribution in [0.2, 0.25) is 0 Å². The van der Waals surface area contributed by atoms with Crippen molar-refractivity contribution >= 4 is 17.6 Å². The molecule has 82 valence electrons. The van der Waals surface area contributed by atoms with Crippen molar-refractivity contribution in [1.29, 1.82) is 0 Å². The van der Waals surface area contributed by atoms with Crippen LogP contribution in [0.15, 0.2) is 29.7 Å². The minimum atomic E-state index is -1.20. The molecule has 0 fully saturated rings. The highest BCUT2D eigenvalue weighted by molar-refractivity contribution is 6.42. The van der Waals surface area contributed by atoms with Gasteiger partial charge in [-0.2, -0.15) is 0 Å². The third-order valence-corrected chi connectivity index (χ3v) is 2.19. The number of rotatable bonds is 2. The predicted octanol–water partition coefficient (Wildman–Crippen LogP) is 0.355. The first kappa shape index (κ1) is 10.3. The number of carboxylic acid groups (broad SMARTS) is 1. The summed E-state index contributed by atoms with van der Waals surface area (Å²) in [5, 5.41) is 8.66. The molecule has 1 N–H and O–H groups in total. The summed E-state index contributed by atoms with van der Waals surface area (Å²) in [6, 6.07) is -0.593. The van der Waals surface area contributed by atoms with Crippen LogP contribution in [0.5, 0.6) is 0 Å². The molecule has 16 heavy (non-hydrogen) atoms. The predicted molar refractivity (Wildman–Crippen MR) is 55.2 cm³/mol. The second kappa shape index (κ2) is 3.73. The van der Waals surface area contributed by atoms with Crippen molar-refractivity contribution in [3.8, 4) is 0 Å². The number of imidazole rings is 1. The van der Waals surface area contributed by atoms with Crippen LogP contribution in [0.3, 0.4) is 0 Å². The summed E-state index contributed by atoms with van der Waals surface area (Å²) in [6.45, 7) is 1.81. The number of aliphatic imine (C=N–C) groups is 1. The Kier molecular flexibility index (Phi) is 2.40. The lowest BCUT2D eigenvalue weighted by molar-refractivity contribution is -0.130. The third kappa shape index (κ3) is 1.77. The molecule has 0 aliphatic carbocycles. The molecule has 2 heterocycles. The van der Waals surface area contributed by atoms with Crippen LogP contribution < -0.4 is 0 Å². The summed E-state index contributed by atoms with van der Waals surface area (Å²) in [4.78, 5) is 29.6. The number of carbonyl (C=O) groups is 2. The van der Waals surface area contributed by atoms with E-state index in [-0.39, 0.29) is 5.71 Å². The largest absolute Gasteiger partial charge is 0.477 e. The Morgan fingerprint density at radius 3 is 2.81 bits per heavy atom. The molecule has 0 saturated heterocycles. The number of carbonyl (C=O) groups excluding carboxylic acids is 1. The van der Waals surface area contributed by atoms with Gasteiger partial charge in [-0.3, -0.25) is 4.79 Å². The van der Waals surface area contributed by atoms with Crippen molar-refractivity contribution in [3.05, 3.63) is 30.4 Å². The van der Waals surface area contributed by atoms with Gasteiger partial charge in [-0.05, 0) is 19.1 Å². The molecule has 6 heteroatoms. The highest BCUT2D eigenvalue weighted by atomic mass is 16.4. The van der Waals surface area contributed by atoms with Crippen molar-refractivity contribution < 1.29 is 14.7 Å². The van der Waals surface area contributed by atoms with Crippen LogP contribution in [0.25, 0.3) is 0 Å². The lowest BCUT2D eigenvalue weighted by Gasteiger charge is -2.13. The van der Waals surface area contributed by atoms with E-state index in [1.807, 2.05) is 0 Å². The van der Waals surface area contributed by atoms with Crippen molar-refractivity contribution in [2.75, 3.05) is 0 Å². The zero-order valence-corrected chi connectivity index (χ0v) is 8.49. The summed E-state index contributed by atoms with van der Waals surface area (Å²) in [7, 11) is 0. The first-order valence-corrected chi connectivity index (χ1v) is 4.62. The van der Waals surface area contributed by atoms with E-state index in [0.717, 1.165) is 5.69 Å². The van der Waals surface area contributed by atoms with E-state index >= 15 is 0 Å². The molecule has 0 bridgehead atoms. The minimum Gasteiger partial charge on any atom is -0.477 e. The molecule has 1 aliphatic heterocycles. The molecular formula is C10H9N3O3. The molecule has 0 saturated carbocycles. The molecule has 2 rings (SSSR count). The molecule has 1 aromatic heterocycles. The number of aromatic nitrogens is 2. The Bertz CT molecular complexity index is 513. The van der Waals surface area contributed by atoms with Crippen LogP contribution in [0.4, 0.5) is 0 Å². The van der Waals surface area contributed by atoms with Gasteiger partial charge in [0, 0.05) is 6.20 Å². The zero-order valence-electron chi connectivity index (χ0n) is 8.49. The second-order valence-corrected chi connectivity index (χ2v) is 3.41. The quantitative estimate of drug-likeness (QED) is 0.777. The van der Waals surface area contributed by atoms with Gasteiger partial charge >= 0.3 is 5.97 Å². The first-order valence-electron chi connectivity index (χ1n) is 4.62. The Morgan fingerprint density at radius 1 is 1.56 bits per heavy atom. The molecule has 1 atom stereocenters. The average Bonchev–Trinajstić information content (AvgIpc) is 2.64. The van der Waals surface area contributed by atoms with Gasteiger partial charge in [-0.1, -0.05) is 0 Å². The molecule has 1 aliphatic rings. The number of carboxylic acids is 1. The topological polar surface area (TPSA) is 84.5 Å². The van der Waals surface area contributed by atoms with Crippen LogP contribution in [-0.2, 0) is 9.59 Å². The standard InChI is InChI=1S/C10H9N3O3/c1-6-4-13(5-11-6)8-3-2-7(10(15)16)12-9(8)14/h2-5,8H,1H3,(H,15,16). The van der Waals surface area contributed by atoms with Gasteiger partial charge < -0.3 is 9.67 Å². The van der Waals surface area contributed by atoms with Gasteiger partial charge in [0.05, 0.1) is 12.0 Å². The van der Waals surface area contributed by atoms with Crippen molar-refractivity contribution in [2.45, 2.75) is 13.0 Å². The summed E-state index contributed by atoms with van der Waals surface area (Å²) < 4.78 is 1.59. The number of aliphatic carboxylic acids is 1. The molecular weight excluding hydrogens is 210 g/mol. The van der Waals surface area contributed by atoms with Gasteiger partial charge in [-0.25, -0.2) is 14.8 Å². The number of aryl methyl sites for hydroxylation is 1. The Hall–Kier alpha value is -2.24. The molecule has 1 aromatic rings. The SMILES string of the molecule is Cc1cn(C2C=CC(C(=O)O)=NC2=O)cn1. The smallest absolute Gasteiger partial charge is 0.354 e. The van der Waals surface area contributed by atoms with E-state index in [1.54, 1.807) is 17.7 Å². The number of amides is 1. The van der Waals surface area contributed by atoms with Crippen molar-refractivity contribution in [3.63, 3.8) is 0 Å². The maximum absolute atomic E-state index is 11.6. The Labute approximate surface area is 90.9 Å². The normalized spacial score (nSPS) is 19.7. The van der Waals surface area contributed by atoms with E-state index in [4.69, 9.17) is 5.11 Å². The van der Waals surface area contributed by atoms with E-state index in [0.29, 0.717) is 0 Å². The second-order valence-electron chi connectivity index (χ2n) is 3.41. The van der Waals surface area contributed by atoms with Gasteiger partial charge in [0.25, 0.3) is 5.91 Å². The zero-order chi connectivity index (χ0) is 11.7. The fraction of sp³-hybridized carbons (Fsp3) is 0.200. The van der Waals surface area contributed by atoms with Crippen LogP contribution in [0, 0.1) is 6.92 Å². The summed E-state index contributed by atoms with van der Waals surface area (Å²) in [5.41, 5.74) is 0.548. The molecule has 1 unspecified atom stereocenters. The Balaban J connectivity index is 2.27. The van der Waals surface area contributed by atoms with E-state index < -0.39 is 17.9 Å². The number of nitrogens with zero attached hydrogens (tertiary/aromatic N) is 3. The van der Waals surface area contributed by atoms with Gasteiger partial charge in [0.2, 0.25) is 0 Å². The van der Waals surface area contributed by atoms with Crippen LogP contribution in [0.1, 0.15) is 11.7 Å². The molecule has 0 spiro atoms. The van der Waals surface area contributed by atoms with E-state index in [2.05, 4.69) is 9.98 Å². The number of dihydropyridines is 1. The van der Waals surface area contributed by atoms with E-state index in [1.165, 1.54) is 18.5 Å². The maximum atomic E-state index is 11.6. The van der Waals surface area contributed by atoms with Gasteiger partial charge in [0.1, 0.15) is 6.04 Å². The maximum Gasteiger partial charge on any atom is 0.354 e. The minimum absolute atomic E-state index is 0.238. The highest BCUT2D eigenvalue weighted by Gasteiger charge is 2.23. The molecule has 0 radical (unpaired) electrons. The number of hydrogen-bond donors (Lipinski definition) is 1. The molecule has 0 aromatic carbocycles. The third-order valence-electron chi connectivity index (χ3n) is 2.19. The average molecular weight is 219 g/mol. The molecule has 6 nitrogen and oxygen atoms in total. The Morgan fingerprint density at radius 2 is 2.31 bits per heavy atom. The van der Waals surface area contributed by atoms with Crippen LogP contribution in [-0.4, -0.2) is 32.2 Å². The fourth-order valence-corrected chi connectivity index (χ4v) is 1.43. The monoisotopic (exact) mass is 219 g/mol. The highest BCUT2D eigenvalue weighted by Crippen LogP contribution is 2.15. The van der Waals surface area contributed by atoms with Gasteiger partial charge in [-0.15, -0.1) is 0 Å². The molecule has 1 amide bonds. The van der Waals surface area contributed by atoms with Gasteiger partial charge in [0.15, 0.2) is 5.71 Å². The van der Waals surface area contributed by atoms with Crippen molar-refractivity contribution in [2.24, 2.45) is 4.99 Å². The number of hydrogen-bond acceptors (Lipinski definition) is 3. The van der Waals surface area contributed by atoms with Crippen LogP contribution >= 0.6 is 0 Å². The van der Waals surface area contributed by atoms with Crippen molar-refractivity contribution in [1.82, 2.24) is 9.55 Å². The first-order chi connectivity index (χ1) is 7.58. The lowest BCUT2D eigenvalue weighted by atomic mass is 10.1. The van der Waals surface area contributed by atoms with E-state index in [9.17, 15) is 9.59 Å². The fourth-order valence-electron chi connectivity index (χ4n) is 1.43. The summed E-state index contributed by atoms with van der Waals surface area (Å²) in [6.07, 6.45) is 6.04.